The number of nitrogens with zero attached hydrogens (tertiary/aromatic N) is 2. The van der Waals surface area contributed by atoms with E-state index in [1.165, 1.54) is 25.7 Å². The van der Waals surface area contributed by atoms with E-state index in [4.69, 9.17) is 10.3 Å². The second-order valence-corrected chi connectivity index (χ2v) is 6.76. The van der Waals surface area contributed by atoms with Crippen LogP contribution in [0, 0.1) is 17.8 Å². The topological polar surface area (TPSA) is 64.9 Å². The number of aromatic nitrogens is 2. The van der Waals surface area contributed by atoms with E-state index in [9.17, 15) is 0 Å². The first-order chi connectivity index (χ1) is 9.52. The molecule has 1 aliphatic rings. The van der Waals surface area contributed by atoms with Crippen molar-refractivity contribution in [2.75, 3.05) is 0 Å². The Hall–Kier alpha value is -0.900. The second kappa shape index (κ2) is 6.70. The first-order valence-corrected chi connectivity index (χ1v) is 8.12. The molecular formula is C16H29N3O. The third-order valence-corrected chi connectivity index (χ3v) is 5.08. The zero-order valence-electron chi connectivity index (χ0n) is 13.3. The van der Waals surface area contributed by atoms with E-state index in [2.05, 4.69) is 37.8 Å². The fraction of sp³-hybridized carbons (Fsp3) is 0.875. The van der Waals surface area contributed by atoms with Gasteiger partial charge in [-0.05, 0) is 43.4 Å². The number of hydrogen-bond acceptors (Lipinski definition) is 4. The van der Waals surface area contributed by atoms with E-state index in [0.29, 0.717) is 17.7 Å². The smallest absolute Gasteiger partial charge is 0.243 e. The van der Waals surface area contributed by atoms with Crippen LogP contribution in [0.15, 0.2) is 4.52 Å². The number of hydrogen-bond donors (Lipinski definition) is 1. The molecule has 2 N–H and O–H groups in total. The van der Waals surface area contributed by atoms with Crippen LogP contribution in [-0.2, 0) is 0 Å². The summed E-state index contributed by atoms with van der Waals surface area (Å²) in [4.78, 5) is 4.57. The molecule has 0 amide bonds. The molecule has 2 rings (SSSR count). The molecule has 1 saturated carbocycles. The molecule has 4 heteroatoms. The van der Waals surface area contributed by atoms with Gasteiger partial charge in [0, 0.05) is 5.92 Å². The molecule has 1 aromatic rings. The molecule has 1 aromatic heterocycles. The zero-order chi connectivity index (χ0) is 14.7. The highest BCUT2D eigenvalue weighted by atomic mass is 16.5. The molecule has 0 aromatic carbocycles. The van der Waals surface area contributed by atoms with Gasteiger partial charge in [-0.2, -0.15) is 4.98 Å². The summed E-state index contributed by atoms with van der Waals surface area (Å²) in [6.07, 6.45) is 5.95. The molecular weight excluding hydrogens is 250 g/mol. The normalized spacial score (nSPS) is 26.7. The van der Waals surface area contributed by atoms with E-state index in [1.54, 1.807) is 0 Å². The van der Waals surface area contributed by atoms with E-state index in [1.807, 2.05) is 0 Å². The Kier molecular flexibility index (Phi) is 5.19. The highest BCUT2D eigenvalue weighted by Crippen LogP contribution is 2.37. The number of nitrogens with two attached hydrogens (primary N) is 1. The van der Waals surface area contributed by atoms with Crippen LogP contribution in [0.1, 0.15) is 83.5 Å². The van der Waals surface area contributed by atoms with Gasteiger partial charge in [0.2, 0.25) is 5.89 Å². The molecule has 1 aliphatic carbocycles. The fourth-order valence-corrected chi connectivity index (χ4v) is 3.09. The molecule has 20 heavy (non-hydrogen) atoms. The third-order valence-electron chi connectivity index (χ3n) is 5.08. The minimum Gasteiger partial charge on any atom is -0.338 e. The van der Waals surface area contributed by atoms with Gasteiger partial charge < -0.3 is 10.3 Å². The summed E-state index contributed by atoms with van der Waals surface area (Å²) in [5.41, 5.74) is 6.16. The van der Waals surface area contributed by atoms with Gasteiger partial charge in [0.05, 0.1) is 6.04 Å². The van der Waals surface area contributed by atoms with Gasteiger partial charge in [-0.3, -0.25) is 0 Å². The summed E-state index contributed by atoms with van der Waals surface area (Å²) in [5.74, 6) is 3.98. The average molecular weight is 279 g/mol. The van der Waals surface area contributed by atoms with Crippen LogP contribution in [0.3, 0.4) is 0 Å². The van der Waals surface area contributed by atoms with E-state index in [0.717, 1.165) is 24.1 Å². The van der Waals surface area contributed by atoms with Gasteiger partial charge in [0.15, 0.2) is 5.82 Å². The highest BCUT2D eigenvalue weighted by Gasteiger charge is 2.28. The van der Waals surface area contributed by atoms with Gasteiger partial charge in [-0.15, -0.1) is 0 Å². The van der Waals surface area contributed by atoms with Crippen LogP contribution in [-0.4, -0.2) is 10.1 Å². The standard InChI is InChI=1S/C16H29N3O/c1-5-11(4)14(17)16-18-15(19-20-16)13-8-6-12(7-9-13)10(2)3/h10-14H,5-9,17H2,1-4H3/t11?,12?,13?,14-/m0/s1. The van der Waals surface area contributed by atoms with Crippen LogP contribution < -0.4 is 5.73 Å². The maximum absolute atomic E-state index is 6.16. The van der Waals surface area contributed by atoms with Crippen molar-refractivity contribution in [3.8, 4) is 0 Å². The van der Waals surface area contributed by atoms with Crippen molar-refractivity contribution in [3.05, 3.63) is 11.7 Å². The van der Waals surface area contributed by atoms with Crippen molar-refractivity contribution in [1.29, 1.82) is 0 Å². The summed E-state index contributed by atoms with van der Waals surface area (Å²) in [6, 6.07) is -0.131. The summed E-state index contributed by atoms with van der Waals surface area (Å²) in [6.45, 7) is 8.91. The lowest BCUT2D eigenvalue weighted by molar-refractivity contribution is 0.251. The lowest BCUT2D eigenvalue weighted by Crippen LogP contribution is -2.20. The number of rotatable bonds is 5. The Labute approximate surface area is 122 Å². The average Bonchev–Trinajstić information content (AvgIpc) is 2.95. The van der Waals surface area contributed by atoms with Crippen LogP contribution in [0.4, 0.5) is 0 Å². The van der Waals surface area contributed by atoms with Crippen molar-refractivity contribution >= 4 is 0 Å². The van der Waals surface area contributed by atoms with Gasteiger partial charge in [0.1, 0.15) is 0 Å². The monoisotopic (exact) mass is 279 g/mol. The van der Waals surface area contributed by atoms with Crippen LogP contribution >= 0.6 is 0 Å². The van der Waals surface area contributed by atoms with Crippen LogP contribution in [0.5, 0.6) is 0 Å². The zero-order valence-corrected chi connectivity index (χ0v) is 13.3. The molecule has 1 fully saturated rings. The quantitative estimate of drug-likeness (QED) is 0.883. The first-order valence-electron chi connectivity index (χ1n) is 8.12. The second-order valence-electron chi connectivity index (χ2n) is 6.76. The van der Waals surface area contributed by atoms with Crippen molar-refractivity contribution in [3.63, 3.8) is 0 Å². The Morgan fingerprint density at radius 3 is 2.40 bits per heavy atom. The van der Waals surface area contributed by atoms with E-state index < -0.39 is 0 Å². The SMILES string of the molecule is CCC(C)[C@H](N)c1nc(C2CCC(C(C)C)CC2)no1. The van der Waals surface area contributed by atoms with E-state index >= 15 is 0 Å². The Morgan fingerprint density at radius 2 is 1.85 bits per heavy atom. The lowest BCUT2D eigenvalue weighted by Gasteiger charge is -2.29. The lowest BCUT2D eigenvalue weighted by atomic mass is 9.77. The predicted octanol–water partition coefficient (Wildman–Crippen LogP) is 4.05. The van der Waals surface area contributed by atoms with E-state index in [-0.39, 0.29) is 6.04 Å². The van der Waals surface area contributed by atoms with Gasteiger partial charge in [-0.25, -0.2) is 0 Å². The maximum Gasteiger partial charge on any atom is 0.243 e. The molecule has 1 unspecified atom stereocenters. The molecule has 0 radical (unpaired) electrons. The largest absolute Gasteiger partial charge is 0.338 e. The Morgan fingerprint density at radius 1 is 1.20 bits per heavy atom. The van der Waals surface area contributed by atoms with Crippen LogP contribution in [0.25, 0.3) is 0 Å². The Bertz CT molecular complexity index is 408. The van der Waals surface area contributed by atoms with Crippen molar-refractivity contribution < 1.29 is 4.52 Å². The molecule has 114 valence electrons. The molecule has 1 heterocycles. The molecule has 4 nitrogen and oxygen atoms in total. The molecule has 0 spiro atoms. The predicted molar refractivity (Wildman–Crippen MR) is 80.2 cm³/mol. The summed E-state index contributed by atoms with van der Waals surface area (Å²) in [5, 5.41) is 4.18. The van der Waals surface area contributed by atoms with Crippen LogP contribution in [0.2, 0.25) is 0 Å². The molecule has 0 aliphatic heterocycles. The van der Waals surface area contributed by atoms with Crippen molar-refractivity contribution in [2.24, 2.45) is 23.5 Å². The summed E-state index contributed by atoms with van der Waals surface area (Å²) < 4.78 is 5.39. The third kappa shape index (κ3) is 3.40. The minimum absolute atomic E-state index is 0.131. The Balaban J connectivity index is 1.96. The van der Waals surface area contributed by atoms with Gasteiger partial charge in [-0.1, -0.05) is 39.3 Å². The first kappa shape index (κ1) is 15.5. The highest BCUT2D eigenvalue weighted by molar-refractivity contribution is 5.00. The van der Waals surface area contributed by atoms with Crippen molar-refractivity contribution in [1.82, 2.24) is 10.1 Å². The summed E-state index contributed by atoms with van der Waals surface area (Å²) >= 11 is 0. The molecule has 0 bridgehead atoms. The van der Waals surface area contributed by atoms with Gasteiger partial charge >= 0.3 is 0 Å². The minimum atomic E-state index is -0.131. The van der Waals surface area contributed by atoms with Crippen molar-refractivity contribution in [2.45, 2.75) is 71.8 Å². The van der Waals surface area contributed by atoms with Gasteiger partial charge in [0.25, 0.3) is 0 Å². The maximum atomic E-state index is 6.16. The fourth-order valence-electron chi connectivity index (χ4n) is 3.09. The summed E-state index contributed by atoms with van der Waals surface area (Å²) in [7, 11) is 0. The molecule has 2 atom stereocenters. The molecule has 0 saturated heterocycles.